The molecule has 1 amide bonds. The molecule has 1 aromatic carbocycles. The molecule has 1 fully saturated rings. The second-order valence-corrected chi connectivity index (χ2v) is 6.43. The fourth-order valence-corrected chi connectivity index (χ4v) is 2.84. The van der Waals surface area contributed by atoms with Gasteiger partial charge in [-0.2, -0.15) is 5.10 Å². The number of piperidine rings is 1. The second-order valence-electron chi connectivity index (χ2n) is 6.43. The molecule has 1 aromatic heterocycles. The van der Waals surface area contributed by atoms with Gasteiger partial charge in [-0.25, -0.2) is 8.78 Å². The average Bonchev–Trinajstić information content (AvgIpc) is 3.18. The zero-order chi connectivity index (χ0) is 19.2. The molecule has 1 aliphatic rings. The van der Waals surface area contributed by atoms with E-state index in [2.05, 4.69) is 15.7 Å². The van der Waals surface area contributed by atoms with Crippen LogP contribution in [-0.2, 0) is 0 Å². The first-order valence-electron chi connectivity index (χ1n) is 8.83. The minimum Gasteiger partial charge on any atom is -0.491 e. The maximum atomic E-state index is 13.1. The van der Waals surface area contributed by atoms with E-state index in [0.717, 1.165) is 38.1 Å². The number of carbonyl (C=O) groups excluding carboxylic acids is 1. The summed E-state index contributed by atoms with van der Waals surface area (Å²) < 4.78 is 32.9. The lowest BCUT2D eigenvalue weighted by Gasteiger charge is -2.22. The average molecular weight is 417 g/mol. The smallest absolute Gasteiger partial charge is 0.271 e. The molecule has 3 N–H and O–H groups in total. The Morgan fingerprint density at radius 3 is 2.93 bits per heavy atom. The van der Waals surface area contributed by atoms with Gasteiger partial charge in [0.05, 0.1) is 6.04 Å². The summed E-state index contributed by atoms with van der Waals surface area (Å²) in [6.45, 7) is 1.59. The van der Waals surface area contributed by atoms with E-state index < -0.39 is 23.6 Å². The molecule has 0 spiro atoms. The fraction of sp³-hybridized carbons (Fsp3) is 0.444. The quantitative estimate of drug-likeness (QED) is 0.639. The van der Waals surface area contributed by atoms with Crippen molar-refractivity contribution in [1.29, 1.82) is 0 Å². The topological polar surface area (TPSA) is 88.4 Å². The number of hydrogen-bond donors (Lipinski definition) is 3. The number of carbonyl (C=O) groups is 1. The Labute approximate surface area is 167 Å². The van der Waals surface area contributed by atoms with Crippen LogP contribution in [0.1, 0.15) is 29.4 Å². The van der Waals surface area contributed by atoms with Gasteiger partial charge in [-0.15, -0.1) is 12.4 Å². The predicted octanol–water partition coefficient (Wildman–Crippen LogP) is 1.68. The van der Waals surface area contributed by atoms with Crippen molar-refractivity contribution >= 4 is 18.3 Å². The summed E-state index contributed by atoms with van der Waals surface area (Å²) in [6.07, 6.45) is 2.84. The Morgan fingerprint density at radius 1 is 1.39 bits per heavy atom. The highest BCUT2D eigenvalue weighted by molar-refractivity contribution is 5.92. The number of aliphatic hydroxyl groups is 1. The van der Waals surface area contributed by atoms with Crippen LogP contribution in [0.25, 0.3) is 0 Å². The van der Waals surface area contributed by atoms with Crippen molar-refractivity contribution in [3.05, 3.63) is 47.8 Å². The van der Waals surface area contributed by atoms with E-state index in [-0.39, 0.29) is 43.0 Å². The Hall–Kier alpha value is -2.23. The van der Waals surface area contributed by atoms with E-state index >= 15 is 0 Å². The van der Waals surface area contributed by atoms with Crippen molar-refractivity contribution in [2.24, 2.45) is 0 Å². The molecule has 0 saturated carbocycles. The molecule has 7 nitrogen and oxygen atoms in total. The van der Waals surface area contributed by atoms with Crippen molar-refractivity contribution in [1.82, 2.24) is 20.4 Å². The fourth-order valence-electron chi connectivity index (χ4n) is 2.84. The molecule has 2 atom stereocenters. The van der Waals surface area contributed by atoms with Crippen LogP contribution >= 0.6 is 12.4 Å². The van der Waals surface area contributed by atoms with Crippen LogP contribution in [0, 0.1) is 11.6 Å². The standard InChI is InChI=1S/C18H22F2N4O3.ClH/c19-15-4-3-14(8-16(15)20)27-11-13(25)10-22-18(26)17-5-7-24(23-17)12-2-1-6-21-9-12;/h3-5,7-8,12-13,21,25H,1-2,6,9-11H2,(H,22,26);1H. The summed E-state index contributed by atoms with van der Waals surface area (Å²) in [5.41, 5.74) is 0.272. The first kappa shape index (κ1) is 22.1. The summed E-state index contributed by atoms with van der Waals surface area (Å²) in [6, 6.07) is 4.96. The minimum atomic E-state index is -1.03. The number of ether oxygens (including phenoxy) is 1. The molecule has 2 aromatic rings. The van der Waals surface area contributed by atoms with Crippen molar-refractivity contribution < 1.29 is 23.4 Å². The highest BCUT2D eigenvalue weighted by Gasteiger charge is 2.18. The van der Waals surface area contributed by atoms with Gasteiger partial charge in [-0.05, 0) is 37.6 Å². The predicted molar refractivity (Wildman–Crippen MR) is 101 cm³/mol. The van der Waals surface area contributed by atoms with Crippen LogP contribution < -0.4 is 15.4 Å². The molecule has 3 rings (SSSR count). The molecule has 1 aliphatic heterocycles. The SMILES string of the molecule is Cl.O=C(NCC(O)COc1ccc(F)c(F)c1)c1ccn(C2CCCNC2)n1. The molecule has 1 saturated heterocycles. The van der Waals surface area contributed by atoms with Crippen molar-refractivity contribution in [3.63, 3.8) is 0 Å². The van der Waals surface area contributed by atoms with Gasteiger partial charge in [0.2, 0.25) is 0 Å². The monoisotopic (exact) mass is 416 g/mol. The molecule has 154 valence electrons. The molecule has 2 unspecified atom stereocenters. The van der Waals surface area contributed by atoms with Crippen LogP contribution in [0.5, 0.6) is 5.75 Å². The highest BCUT2D eigenvalue weighted by atomic mass is 35.5. The van der Waals surface area contributed by atoms with Crippen LogP contribution in [0.3, 0.4) is 0 Å². The number of nitrogens with zero attached hydrogens (tertiary/aromatic N) is 2. The van der Waals surface area contributed by atoms with E-state index in [4.69, 9.17) is 4.74 Å². The molecule has 10 heteroatoms. The molecule has 0 bridgehead atoms. The van der Waals surface area contributed by atoms with Gasteiger partial charge in [0.1, 0.15) is 24.2 Å². The van der Waals surface area contributed by atoms with E-state index in [1.165, 1.54) is 6.07 Å². The number of nitrogens with one attached hydrogen (secondary N) is 2. The van der Waals surface area contributed by atoms with E-state index in [1.807, 2.05) is 0 Å². The zero-order valence-corrected chi connectivity index (χ0v) is 15.9. The largest absolute Gasteiger partial charge is 0.491 e. The van der Waals surface area contributed by atoms with Gasteiger partial charge in [-0.3, -0.25) is 9.48 Å². The third kappa shape index (κ3) is 5.88. The van der Waals surface area contributed by atoms with Crippen LogP contribution in [-0.4, -0.2) is 53.1 Å². The number of aromatic nitrogens is 2. The minimum absolute atomic E-state index is 0. The van der Waals surface area contributed by atoms with Gasteiger partial charge in [0.15, 0.2) is 11.6 Å². The summed E-state index contributed by atoms with van der Waals surface area (Å²) >= 11 is 0. The number of halogens is 3. The maximum Gasteiger partial charge on any atom is 0.271 e. The summed E-state index contributed by atoms with van der Waals surface area (Å²) in [4.78, 5) is 12.2. The van der Waals surface area contributed by atoms with Gasteiger partial charge < -0.3 is 20.5 Å². The Bertz CT molecular complexity index is 784. The highest BCUT2D eigenvalue weighted by Crippen LogP contribution is 2.16. The summed E-state index contributed by atoms with van der Waals surface area (Å²) in [7, 11) is 0. The number of amides is 1. The molecular formula is C18H23ClF2N4O3. The number of rotatable bonds is 7. The summed E-state index contributed by atoms with van der Waals surface area (Å²) in [5.74, 6) is -2.30. The Morgan fingerprint density at radius 2 is 2.21 bits per heavy atom. The maximum absolute atomic E-state index is 13.1. The first-order chi connectivity index (χ1) is 13.0. The first-order valence-corrected chi connectivity index (χ1v) is 8.83. The third-order valence-corrected chi connectivity index (χ3v) is 4.32. The van der Waals surface area contributed by atoms with Crippen molar-refractivity contribution in [2.75, 3.05) is 26.2 Å². The third-order valence-electron chi connectivity index (χ3n) is 4.32. The van der Waals surface area contributed by atoms with Crippen molar-refractivity contribution in [3.8, 4) is 5.75 Å². The van der Waals surface area contributed by atoms with Gasteiger partial charge in [0, 0.05) is 25.4 Å². The number of hydrogen-bond acceptors (Lipinski definition) is 5. The molecule has 2 heterocycles. The Balaban J connectivity index is 0.00000280. The zero-order valence-electron chi connectivity index (χ0n) is 15.1. The van der Waals surface area contributed by atoms with Crippen LogP contribution in [0.15, 0.2) is 30.5 Å². The Kier molecular flexibility index (Phi) is 8.16. The van der Waals surface area contributed by atoms with Gasteiger partial charge >= 0.3 is 0 Å². The van der Waals surface area contributed by atoms with Crippen LogP contribution in [0.4, 0.5) is 8.78 Å². The van der Waals surface area contributed by atoms with E-state index in [1.54, 1.807) is 16.9 Å². The van der Waals surface area contributed by atoms with E-state index in [9.17, 15) is 18.7 Å². The van der Waals surface area contributed by atoms with E-state index in [0.29, 0.717) is 0 Å². The molecule has 0 aliphatic carbocycles. The summed E-state index contributed by atoms with van der Waals surface area (Å²) in [5, 5.41) is 20.1. The molecular weight excluding hydrogens is 394 g/mol. The lowest BCUT2D eigenvalue weighted by atomic mass is 10.1. The number of benzene rings is 1. The molecule has 0 radical (unpaired) electrons. The van der Waals surface area contributed by atoms with Gasteiger partial charge in [0.25, 0.3) is 5.91 Å². The second kappa shape index (κ2) is 10.4. The normalized spacial score (nSPS) is 17.5. The number of aliphatic hydroxyl groups excluding tert-OH is 1. The lowest BCUT2D eigenvalue weighted by molar-refractivity contribution is 0.0838. The van der Waals surface area contributed by atoms with Crippen LogP contribution in [0.2, 0.25) is 0 Å². The van der Waals surface area contributed by atoms with Crippen molar-refractivity contribution in [2.45, 2.75) is 25.0 Å². The lowest BCUT2D eigenvalue weighted by Crippen LogP contribution is -2.36. The molecule has 28 heavy (non-hydrogen) atoms. The van der Waals surface area contributed by atoms with Gasteiger partial charge in [-0.1, -0.05) is 0 Å².